The van der Waals surface area contributed by atoms with E-state index in [-0.39, 0.29) is 6.10 Å². The van der Waals surface area contributed by atoms with Crippen LogP contribution in [0.15, 0.2) is 4.47 Å². The molecule has 0 bridgehead atoms. The lowest BCUT2D eigenvalue weighted by Crippen LogP contribution is -2.43. The molecule has 3 heterocycles. The molecule has 0 spiro atoms. The van der Waals surface area contributed by atoms with Gasteiger partial charge in [0.15, 0.2) is 5.82 Å². The second-order valence-corrected chi connectivity index (χ2v) is 6.20. The molecular weight excluding hydrogens is 320 g/mol. The van der Waals surface area contributed by atoms with Crippen LogP contribution >= 0.6 is 15.9 Å². The highest BCUT2D eigenvalue weighted by atomic mass is 79.9. The molecule has 2 atom stereocenters. The van der Waals surface area contributed by atoms with Gasteiger partial charge in [0.1, 0.15) is 11.9 Å². The largest absolute Gasteiger partial charge is 0.372 e. The standard InChI is InChI=1S/C14H21BrN4O/c1-3-10-12(15)14(16-2)18-13(17-10)11-7-19-6-4-5-9(19)8-20-11/h9,11H,3-8H2,1-2H3,(H,16,17,18). The Kier molecular flexibility index (Phi) is 4.23. The molecule has 3 rings (SSSR count). The minimum absolute atomic E-state index is 0.00477. The van der Waals surface area contributed by atoms with Crippen molar-refractivity contribution < 1.29 is 4.74 Å². The Hall–Kier alpha value is -0.720. The zero-order chi connectivity index (χ0) is 14.1. The number of hydrogen-bond acceptors (Lipinski definition) is 5. The smallest absolute Gasteiger partial charge is 0.161 e. The van der Waals surface area contributed by atoms with Gasteiger partial charge in [-0.2, -0.15) is 0 Å². The molecule has 0 amide bonds. The summed E-state index contributed by atoms with van der Waals surface area (Å²) in [5, 5.41) is 3.13. The number of fused-ring (bicyclic) bond motifs is 1. The fourth-order valence-corrected chi connectivity index (χ4v) is 3.69. The van der Waals surface area contributed by atoms with E-state index in [1.54, 1.807) is 0 Å². The molecule has 110 valence electrons. The van der Waals surface area contributed by atoms with Crippen LogP contribution in [0.4, 0.5) is 5.82 Å². The van der Waals surface area contributed by atoms with Crippen molar-refractivity contribution in [2.45, 2.75) is 38.3 Å². The minimum atomic E-state index is -0.00477. The maximum atomic E-state index is 6.01. The maximum Gasteiger partial charge on any atom is 0.161 e. The van der Waals surface area contributed by atoms with Crippen LogP contribution in [0.5, 0.6) is 0 Å². The number of nitrogens with zero attached hydrogens (tertiary/aromatic N) is 3. The van der Waals surface area contributed by atoms with Crippen LogP contribution in [-0.4, -0.2) is 47.7 Å². The molecule has 1 aromatic heterocycles. The first-order valence-corrected chi connectivity index (χ1v) is 8.12. The summed E-state index contributed by atoms with van der Waals surface area (Å²) >= 11 is 3.57. The number of anilines is 1. The summed E-state index contributed by atoms with van der Waals surface area (Å²) in [6.45, 7) is 5.01. The molecule has 2 aliphatic rings. The third kappa shape index (κ3) is 2.56. The molecule has 2 aliphatic heterocycles. The van der Waals surface area contributed by atoms with Crippen molar-refractivity contribution in [3.05, 3.63) is 16.0 Å². The normalized spacial score (nSPS) is 26.6. The van der Waals surface area contributed by atoms with Crippen molar-refractivity contribution in [1.82, 2.24) is 14.9 Å². The van der Waals surface area contributed by atoms with Crippen LogP contribution in [0.25, 0.3) is 0 Å². The van der Waals surface area contributed by atoms with Gasteiger partial charge in [0.25, 0.3) is 0 Å². The van der Waals surface area contributed by atoms with Crippen molar-refractivity contribution in [3.8, 4) is 0 Å². The molecule has 0 saturated carbocycles. The highest BCUT2D eigenvalue weighted by molar-refractivity contribution is 9.10. The summed E-state index contributed by atoms with van der Waals surface area (Å²) in [5.74, 6) is 1.65. The van der Waals surface area contributed by atoms with Gasteiger partial charge in [-0.05, 0) is 41.7 Å². The van der Waals surface area contributed by atoms with Gasteiger partial charge in [0.2, 0.25) is 0 Å². The van der Waals surface area contributed by atoms with E-state index in [4.69, 9.17) is 4.74 Å². The van der Waals surface area contributed by atoms with E-state index in [1.165, 1.54) is 19.4 Å². The number of hydrogen-bond donors (Lipinski definition) is 1. The van der Waals surface area contributed by atoms with Crippen molar-refractivity contribution in [2.24, 2.45) is 0 Å². The second kappa shape index (κ2) is 5.95. The Labute approximate surface area is 128 Å². The van der Waals surface area contributed by atoms with E-state index in [0.29, 0.717) is 6.04 Å². The SMILES string of the molecule is CCc1nc(C2CN3CCCC3CO2)nc(NC)c1Br. The first kappa shape index (κ1) is 14.2. The van der Waals surface area contributed by atoms with Crippen molar-refractivity contribution >= 4 is 21.7 Å². The number of rotatable bonds is 3. The Morgan fingerprint density at radius 3 is 3.05 bits per heavy atom. The Balaban J connectivity index is 1.86. The minimum Gasteiger partial charge on any atom is -0.372 e. The molecule has 2 fully saturated rings. The number of nitrogens with one attached hydrogen (secondary N) is 1. The lowest BCUT2D eigenvalue weighted by molar-refractivity contribution is -0.0541. The Bertz CT molecular complexity index is 471. The summed E-state index contributed by atoms with van der Waals surface area (Å²) in [6.07, 6.45) is 3.42. The van der Waals surface area contributed by atoms with Crippen molar-refractivity contribution in [1.29, 1.82) is 0 Å². The van der Waals surface area contributed by atoms with Gasteiger partial charge in [-0.25, -0.2) is 9.97 Å². The molecular formula is C14H21BrN4O. The van der Waals surface area contributed by atoms with Crippen LogP contribution < -0.4 is 5.32 Å². The lowest BCUT2D eigenvalue weighted by atomic mass is 10.1. The number of aromatic nitrogens is 2. The third-order valence-corrected chi connectivity index (χ3v) is 5.02. The van der Waals surface area contributed by atoms with Gasteiger partial charge in [-0.3, -0.25) is 4.90 Å². The topological polar surface area (TPSA) is 50.3 Å². The van der Waals surface area contributed by atoms with Gasteiger partial charge < -0.3 is 10.1 Å². The van der Waals surface area contributed by atoms with E-state index < -0.39 is 0 Å². The van der Waals surface area contributed by atoms with E-state index in [0.717, 1.165) is 41.4 Å². The second-order valence-electron chi connectivity index (χ2n) is 5.41. The predicted octanol–water partition coefficient (Wildman–Crippen LogP) is 2.38. The quantitative estimate of drug-likeness (QED) is 0.915. The van der Waals surface area contributed by atoms with E-state index >= 15 is 0 Å². The Morgan fingerprint density at radius 2 is 2.30 bits per heavy atom. The number of halogens is 1. The van der Waals surface area contributed by atoms with E-state index in [1.807, 2.05) is 7.05 Å². The summed E-state index contributed by atoms with van der Waals surface area (Å²) in [7, 11) is 1.88. The maximum absolute atomic E-state index is 6.01. The molecule has 2 unspecified atom stereocenters. The van der Waals surface area contributed by atoms with Gasteiger partial charge in [-0.15, -0.1) is 0 Å². The average Bonchev–Trinajstić information content (AvgIpc) is 2.95. The number of morpholine rings is 1. The van der Waals surface area contributed by atoms with Crippen LogP contribution in [-0.2, 0) is 11.2 Å². The highest BCUT2D eigenvalue weighted by Crippen LogP contribution is 2.31. The van der Waals surface area contributed by atoms with Crippen molar-refractivity contribution in [2.75, 3.05) is 32.1 Å². The predicted molar refractivity (Wildman–Crippen MR) is 81.9 cm³/mol. The molecule has 6 heteroatoms. The van der Waals surface area contributed by atoms with Gasteiger partial charge in [0, 0.05) is 19.6 Å². The zero-order valence-corrected chi connectivity index (χ0v) is 13.6. The van der Waals surface area contributed by atoms with Gasteiger partial charge in [0.05, 0.1) is 16.8 Å². The molecule has 2 saturated heterocycles. The summed E-state index contributed by atoms with van der Waals surface area (Å²) in [4.78, 5) is 11.8. The third-order valence-electron chi connectivity index (χ3n) is 4.19. The molecule has 1 N–H and O–H groups in total. The molecule has 5 nitrogen and oxygen atoms in total. The van der Waals surface area contributed by atoms with Crippen LogP contribution in [0.3, 0.4) is 0 Å². The van der Waals surface area contributed by atoms with Gasteiger partial charge >= 0.3 is 0 Å². The average molecular weight is 341 g/mol. The van der Waals surface area contributed by atoms with Gasteiger partial charge in [-0.1, -0.05) is 6.92 Å². The van der Waals surface area contributed by atoms with E-state index in [2.05, 4.69) is 43.0 Å². The van der Waals surface area contributed by atoms with Crippen LogP contribution in [0, 0.1) is 0 Å². The van der Waals surface area contributed by atoms with Crippen molar-refractivity contribution in [3.63, 3.8) is 0 Å². The molecule has 0 aromatic carbocycles. The fraction of sp³-hybridized carbons (Fsp3) is 0.714. The Morgan fingerprint density at radius 1 is 1.45 bits per heavy atom. The fourth-order valence-electron chi connectivity index (χ4n) is 3.03. The van der Waals surface area contributed by atoms with Crippen LogP contribution in [0.2, 0.25) is 0 Å². The monoisotopic (exact) mass is 340 g/mol. The first-order chi connectivity index (χ1) is 9.72. The lowest BCUT2D eigenvalue weighted by Gasteiger charge is -2.34. The first-order valence-electron chi connectivity index (χ1n) is 7.32. The summed E-state index contributed by atoms with van der Waals surface area (Å²) < 4.78 is 6.97. The summed E-state index contributed by atoms with van der Waals surface area (Å²) in [5.41, 5.74) is 1.03. The summed E-state index contributed by atoms with van der Waals surface area (Å²) in [6, 6.07) is 0.608. The molecule has 1 aromatic rings. The molecule has 0 radical (unpaired) electrons. The number of aryl methyl sites for hydroxylation is 1. The van der Waals surface area contributed by atoms with Crippen LogP contribution in [0.1, 0.15) is 37.4 Å². The van der Waals surface area contributed by atoms with E-state index in [9.17, 15) is 0 Å². The molecule has 0 aliphatic carbocycles. The zero-order valence-electron chi connectivity index (χ0n) is 12.0. The highest BCUT2D eigenvalue weighted by Gasteiger charge is 2.34. The molecule has 20 heavy (non-hydrogen) atoms. The number of ether oxygens (including phenoxy) is 1.